The van der Waals surface area contributed by atoms with Crippen LogP contribution in [0.3, 0.4) is 0 Å². The topological polar surface area (TPSA) is 52.3 Å². The van der Waals surface area contributed by atoms with E-state index >= 15 is 0 Å². The van der Waals surface area contributed by atoms with Gasteiger partial charge in [-0.15, -0.1) is 0 Å². The summed E-state index contributed by atoms with van der Waals surface area (Å²) < 4.78 is 5.36. The maximum absolute atomic E-state index is 11.6. The maximum atomic E-state index is 11.6. The SMILES string of the molecule is CC(C)(C)C(N)CC(=O)OC1CCCC1. The fourth-order valence-electron chi connectivity index (χ4n) is 1.73. The van der Waals surface area contributed by atoms with Crippen molar-refractivity contribution in [1.29, 1.82) is 0 Å². The molecule has 1 aliphatic carbocycles. The Labute approximate surface area is 92.4 Å². The molecule has 2 N–H and O–H groups in total. The number of ether oxygens (including phenoxy) is 1. The van der Waals surface area contributed by atoms with Crippen LogP contribution in [0, 0.1) is 5.41 Å². The van der Waals surface area contributed by atoms with E-state index < -0.39 is 0 Å². The van der Waals surface area contributed by atoms with Gasteiger partial charge in [0.15, 0.2) is 0 Å². The Bertz CT molecular complexity index is 214. The third-order valence-electron chi connectivity index (χ3n) is 3.10. The van der Waals surface area contributed by atoms with Crippen molar-refractivity contribution < 1.29 is 9.53 Å². The van der Waals surface area contributed by atoms with Crippen LogP contribution in [-0.4, -0.2) is 18.1 Å². The second-order valence-corrected chi connectivity index (χ2v) is 5.57. The van der Waals surface area contributed by atoms with Crippen molar-refractivity contribution in [3.05, 3.63) is 0 Å². The highest BCUT2D eigenvalue weighted by Crippen LogP contribution is 2.23. The quantitative estimate of drug-likeness (QED) is 0.731. The molecule has 0 aliphatic heterocycles. The summed E-state index contributed by atoms with van der Waals surface area (Å²) in [7, 11) is 0. The summed E-state index contributed by atoms with van der Waals surface area (Å²) in [4.78, 5) is 11.6. The van der Waals surface area contributed by atoms with Crippen LogP contribution in [0.5, 0.6) is 0 Å². The summed E-state index contributed by atoms with van der Waals surface area (Å²) in [5, 5.41) is 0. The molecule has 0 heterocycles. The highest BCUT2D eigenvalue weighted by atomic mass is 16.5. The minimum Gasteiger partial charge on any atom is -0.462 e. The standard InChI is InChI=1S/C12H23NO2/c1-12(2,3)10(13)8-11(14)15-9-6-4-5-7-9/h9-10H,4-8,13H2,1-3H3. The molecule has 3 heteroatoms. The maximum Gasteiger partial charge on any atom is 0.307 e. The number of nitrogens with two attached hydrogens (primary N) is 1. The molecule has 0 amide bonds. The van der Waals surface area contributed by atoms with Crippen molar-refractivity contribution in [3.8, 4) is 0 Å². The van der Waals surface area contributed by atoms with E-state index in [4.69, 9.17) is 10.5 Å². The predicted octanol–water partition coefficient (Wildman–Crippen LogP) is 2.24. The molecule has 0 spiro atoms. The Morgan fingerprint density at radius 2 is 1.93 bits per heavy atom. The van der Waals surface area contributed by atoms with Gasteiger partial charge in [0.2, 0.25) is 0 Å². The molecule has 88 valence electrons. The van der Waals surface area contributed by atoms with Crippen molar-refractivity contribution in [1.82, 2.24) is 0 Å². The molecule has 0 saturated heterocycles. The first-order chi connectivity index (χ1) is 6.89. The lowest BCUT2D eigenvalue weighted by Gasteiger charge is -2.26. The Morgan fingerprint density at radius 3 is 2.40 bits per heavy atom. The highest BCUT2D eigenvalue weighted by molar-refractivity contribution is 5.70. The molecule has 3 nitrogen and oxygen atoms in total. The number of hydrogen-bond donors (Lipinski definition) is 1. The van der Waals surface area contributed by atoms with Gasteiger partial charge >= 0.3 is 5.97 Å². The van der Waals surface area contributed by atoms with E-state index in [0.29, 0.717) is 6.42 Å². The number of rotatable bonds is 3. The van der Waals surface area contributed by atoms with Gasteiger partial charge in [0.1, 0.15) is 6.10 Å². The molecular formula is C12H23NO2. The Morgan fingerprint density at radius 1 is 1.40 bits per heavy atom. The van der Waals surface area contributed by atoms with Gasteiger partial charge in [-0.25, -0.2) is 0 Å². The summed E-state index contributed by atoms with van der Waals surface area (Å²) in [6, 6.07) is -0.119. The van der Waals surface area contributed by atoms with Gasteiger partial charge in [0.05, 0.1) is 6.42 Å². The van der Waals surface area contributed by atoms with E-state index in [1.807, 2.05) is 20.8 Å². The molecule has 0 aromatic rings. The van der Waals surface area contributed by atoms with Crippen molar-refractivity contribution in [3.63, 3.8) is 0 Å². The largest absolute Gasteiger partial charge is 0.462 e. The zero-order chi connectivity index (χ0) is 11.5. The van der Waals surface area contributed by atoms with Crippen LogP contribution < -0.4 is 5.73 Å². The monoisotopic (exact) mass is 213 g/mol. The van der Waals surface area contributed by atoms with Gasteiger partial charge in [-0.3, -0.25) is 4.79 Å². The van der Waals surface area contributed by atoms with Crippen LogP contribution in [-0.2, 0) is 9.53 Å². The number of carbonyl (C=O) groups excluding carboxylic acids is 1. The lowest BCUT2D eigenvalue weighted by Crippen LogP contribution is -2.37. The fourth-order valence-corrected chi connectivity index (χ4v) is 1.73. The first-order valence-corrected chi connectivity index (χ1v) is 5.84. The molecule has 1 fully saturated rings. The molecule has 1 rings (SSSR count). The van der Waals surface area contributed by atoms with Crippen LogP contribution in [0.4, 0.5) is 0 Å². The van der Waals surface area contributed by atoms with Crippen molar-refractivity contribution in [2.24, 2.45) is 11.1 Å². The van der Waals surface area contributed by atoms with Gasteiger partial charge in [-0.1, -0.05) is 20.8 Å². The van der Waals surface area contributed by atoms with Crippen LogP contribution in [0.2, 0.25) is 0 Å². The van der Waals surface area contributed by atoms with E-state index in [2.05, 4.69) is 0 Å². The second-order valence-electron chi connectivity index (χ2n) is 5.57. The molecule has 0 aromatic heterocycles. The second kappa shape index (κ2) is 4.97. The third kappa shape index (κ3) is 4.20. The minimum atomic E-state index is -0.135. The predicted molar refractivity (Wildman–Crippen MR) is 60.4 cm³/mol. The lowest BCUT2D eigenvalue weighted by molar-refractivity contribution is -0.149. The minimum absolute atomic E-state index is 0.0330. The first-order valence-electron chi connectivity index (χ1n) is 5.84. The molecular weight excluding hydrogens is 190 g/mol. The van der Waals surface area contributed by atoms with Crippen LogP contribution in [0.1, 0.15) is 52.9 Å². The van der Waals surface area contributed by atoms with Crippen molar-refractivity contribution >= 4 is 5.97 Å². The van der Waals surface area contributed by atoms with E-state index in [9.17, 15) is 4.79 Å². The van der Waals surface area contributed by atoms with Gasteiger partial charge in [-0.2, -0.15) is 0 Å². The smallest absolute Gasteiger partial charge is 0.307 e. The number of hydrogen-bond acceptors (Lipinski definition) is 3. The van der Waals surface area contributed by atoms with Crippen LogP contribution in [0.25, 0.3) is 0 Å². The van der Waals surface area contributed by atoms with Crippen LogP contribution in [0.15, 0.2) is 0 Å². The van der Waals surface area contributed by atoms with Gasteiger partial charge in [0, 0.05) is 6.04 Å². The van der Waals surface area contributed by atoms with E-state index in [-0.39, 0.29) is 23.5 Å². The van der Waals surface area contributed by atoms with Gasteiger partial charge in [-0.05, 0) is 31.1 Å². The average Bonchev–Trinajstić information content (AvgIpc) is 2.54. The lowest BCUT2D eigenvalue weighted by atomic mass is 9.85. The molecule has 1 atom stereocenters. The fraction of sp³-hybridized carbons (Fsp3) is 0.917. The normalized spacial score (nSPS) is 20.3. The molecule has 15 heavy (non-hydrogen) atoms. The zero-order valence-corrected chi connectivity index (χ0v) is 10.1. The Kier molecular flexibility index (Phi) is 4.14. The summed E-state index contributed by atoms with van der Waals surface area (Å²) in [5.41, 5.74) is 5.89. The van der Waals surface area contributed by atoms with Crippen LogP contribution >= 0.6 is 0 Å². The van der Waals surface area contributed by atoms with E-state index in [0.717, 1.165) is 12.8 Å². The molecule has 0 bridgehead atoms. The van der Waals surface area contributed by atoms with E-state index in [1.165, 1.54) is 12.8 Å². The summed E-state index contributed by atoms with van der Waals surface area (Å²) in [6.45, 7) is 6.13. The average molecular weight is 213 g/mol. The van der Waals surface area contributed by atoms with Crippen molar-refractivity contribution in [2.75, 3.05) is 0 Å². The summed E-state index contributed by atoms with van der Waals surface area (Å²) in [5.74, 6) is -0.135. The molecule has 1 saturated carbocycles. The Hall–Kier alpha value is -0.570. The van der Waals surface area contributed by atoms with Gasteiger partial charge < -0.3 is 10.5 Å². The third-order valence-corrected chi connectivity index (χ3v) is 3.10. The Balaban J connectivity index is 2.29. The van der Waals surface area contributed by atoms with Crippen molar-refractivity contribution in [2.45, 2.75) is 65.0 Å². The molecule has 1 aliphatic rings. The number of esters is 1. The van der Waals surface area contributed by atoms with Gasteiger partial charge in [0.25, 0.3) is 0 Å². The zero-order valence-electron chi connectivity index (χ0n) is 10.1. The molecule has 1 unspecified atom stereocenters. The molecule has 0 aromatic carbocycles. The first kappa shape index (κ1) is 12.5. The summed E-state index contributed by atoms with van der Waals surface area (Å²) >= 11 is 0. The van der Waals surface area contributed by atoms with E-state index in [1.54, 1.807) is 0 Å². The number of carbonyl (C=O) groups is 1. The molecule has 0 radical (unpaired) electrons. The summed E-state index contributed by atoms with van der Waals surface area (Å²) in [6.07, 6.45) is 4.91. The highest BCUT2D eigenvalue weighted by Gasteiger charge is 2.26.